The van der Waals surface area contributed by atoms with E-state index in [2.05, 4.69) is 4.74 Å². The second kappa shape index (κ2) is 4.79. The van der Waals surface area contributed by atoms with Crippen LogP contribution in [0.5, 0.6) is 0 Å². The summed E-state index contributed by atoms with van der Waals surface area (Å²) in [5.74, 6) is -6.30. The Bertz CT molecular complexity index is 320. The quantitative estimate of drug-likeness (QED) is 0.584. The Morgan fingerprint density at radius 1 is 1.47 bits per heavy atom. The van der Waals surface area contributed by atoms with Gasteiger partial charge in [0, 0.05) is 0 Å². The van der Waals surface area contributed by atoms with E-state index >= 15 is 0 Å². The summed E-state index contributed by atoms with van der Waals surface area (Å²) < 4.78 is 69.2. The minimum atomic E-state index is -5.07. The Balaban J connectivity index is 4.84. The zero-order chi connectivity index (χ0) is 12.3. The largest absolute Gasteiger partial charge is 0.465 e. The van der Waals surface area contributed by atoms with Crippen LogP contribution in [0.1, 0.15) is 6.92 Å². The summed E-state index contributed by atoms with van der Waals surface area (Å²) in [6.07, 6.45) is -5.07. The smallest absolute Gasteiger partial charge is 0.403 e. The molecule has 0 rings (SSSR count). The maximum absolute atomic E-state index is 12.1. The molecule has 0 amide bonds. The number of esters is 1. The SMILES string of the molecule is CCOC(=O)C(CS(=O)(=O)O)C(F)(F)F. The van der Waals surface area contributed by atoms with Gasteiger partial charge in [0.05, 0.1) is 12.4 Å². The maximum atomic E-state index is 12.1. The molecule has 0 radical (unpaired) electrons. The molecule has 0 aromatic heterocycles. The van der Waals surface area contributed by atoms with E-state index in [1.54, 1.807) is 0 Å². The molecule has 0 aromatic carbocycles. The fourth-order valence-corrected chi connectivity index (χ4v) is 1.50. The van der Waals surface area contributed by atoms with Crippen LogP contribution in [0.15, 0.2) is 0 Å². The van der Waals surface area contributed by atoms with Crippen molar-refractivity contribution >= 4 is 16.1 Å². The summed E-state index contributed by atoms with van der Waals surface area (Å²) in [6, 6.07) is 0. The third kappa shape index (κ3) is 5.57. The summed E-state index contributed by atoms with van der Waals surface area (Å²) in [5.41, 5.74) is 0. The molecular weight excluding hydrogens is 241 g/mol. The van der Waals surface area contributed by atoms with E-state index in [1.807, 2.05) is 0 Å². The molecule has 0 aliphatic heterocycles. The van der Waals surface area contributed by atoms with Crippen molar-refractivity contribution in [2.45, 2.75) is 13.1 Å². The lowest BCUT2D eigenvalue weighted by Crippen LogP contribution is -2.37. The van der Waals surface area contributed by atoms with Gasteiger partial charge in [0.2, 0.25) is 0 Å². The molecule has 0 saturated carbocycles. The highest BCUT2D eigenvalue weighted by Crippen LogP contribution is 2.28. The van der Waals surface area contributed by atoms with Crippen LogP contribution in [0.3, 0.4) is 0 Å². The standard InChI is InChI=1S/C6H9F3O5S/c1-2-14-5(10)4(6(7,8)9)3-15(11,12)13/h4H,2-3H2,1H3,(H,11,12,13). The van der Waals surface area contributed by atoms with Crippen LogP contribution in [0, 0.1) is 5.92 Å². The van der Waals surface area contributed by atoms with Crippen LogP contribution in [0.25, 0.3) is 0 Å². The highest BCUT2D eigenvalue weighted by molar-refractivity contribution is 7.85. The van der Waals surface area contributed by atoms with Gasteiger partial charge in [0.25, 0.3) is 10.1 Å². The Morgan fingerprint density at radius 3 is 2.20 bits per heavy atom. The second-order valence-corrected chi connectivity index (χ2v) is 4.09. The van der Waals surface area contributed by atoms with Gasteiger partial charge in [0.1, 0.15) is 0 Å². The minimum absolute atomic E-state index is 0.309. The van der Waals surface area contributed by atoms with Crippen LogP contribution in [-0.4, -0.2) is 37.5 Å². The van der Waals surface area contributed by atoms with Crippen molar-refractivity contribution in [3.05, 3.63) is 0 Å². The van der Waals surface area contributed by atoms with Gasteiger partial charge in [-0.3, -0.25) is 9.35 Å². The summed E-state index contributed by atoms with van der Waals surface area (Å²) in [7, 11) is -4.89. The molecule has 0 saturated heterocycles. The lowest BCUT2D eigenvalue weighted by Gasteiger charge is -2.16. The number of alkyl halides is 3. The molecule has 0 aromatic rings. The predicted octanol–water partition coefficient (Wildman–Crippen LogP) is 0.616. The van der Waals surface area contributed by atoms with E-state index < -0.39 is 33.9 Å². The van der Waals surface area contributed by atoms with E-state index in [4.69, 9.17) is 4.55 Å². The topological polar surface area (TPSA) is 80.7 Å². The lowest BCUT2D eigenvalue weighted by molar-refractivity contribution is -0.193. The fraction of sp³-hybridized carbons (Fsp3) is 0.833. The lowest BCUT2D eigenvalue weighted by atomic mass is 10.2. The molecule has 0 aliphatic carbocycles. The highest BCUT2D eigenvalue weighted by Gasteiger charge is 2.48. The van der Waals surface area contributed by atoms with E-state index in [-0.39, 0.29) is 6.61 Å². The van der Waals surface area contributed by atoms with Crippen LogP contribution in [0.2, 0.25) is 0 Å². The molecule has 9 heteroatoms. The zero-order valence-electron chi connectivity index (χ0n) is 7.61. The van der Waals surface area contributed by atoms with E-state index in [0.717, 1.165) is 0 Å². The van der Waals surface area contributed by atoms with E-state index in [9.17, 15) is 26.4 Å². The predicted molar refractivity (Wildman–Crippen MR) is 42.6 cm³/mol. The molecule has 0 heterocycles. The average Bonchev–Trinajstić information content (AvgIpc) is 1.97. The van der Waals surface area contributed by atoms with Crippen molar-refractivity contribution in [2.24, 2.45) is 5.92 Å². The fourth-order valence-electron chi connectivity index (χ4n) is 0.750. The van der Waals surface area contributed by atoms with Crippen LogP contribution >= 0.6 is 0 Å². The number of carbonyl (C=O) groups is 1. The molecular formula is C6H9F3O5S. The number of rotatable bonds is 4. The molecule has 0 bridgehead atoms. The monoisotopic (exact) mass is 250 g/mol. The summed E-state index contributed by atoms with van der Waals surface area (Å²) in [4.78, 5) is 10.7. The second-order valence-electron chi connectivity index (χ2n) is 2.59. The highest BCUT2D eigenvalue weighted by atomic mass is 32.2. The molecule has 0 aliphatic rings. The van der Waals surface area contributed by atoms with Crippen molar-refractivity contribution < 1.29 is 35.7 Å². The number of hydrogen-bond donors (Lipinski definition) is 1. The number of hydrogen-bond acceptors (Lipinski definition) is 4. The molecule has 0 fully saturated rings. The molecule has 1 N–H and O–H groups in total. The molecule has 90 valence electrons. The Hall–Kier alpha value is -0.830. The summed E-state index contributed by atoms with van der Waals surface area (Å²) in [5, 5.41) is 0. The average molecular weight is 250 g/mol. The first-order valence-electron chi connectivity index (χ1n) is 3.76. The van der Waals surface area contributed by atoms with Crippen molar-refractivity contribution in [2.75, 3.05) is 12.4 Å². The zero-order valence-corrected chi connectivity index (χ0v) is 8.43. The van der Waals surface area contributed by atoms with Crippen molar-refractivity contribution in [1.82, 2.24) is 0 Å². The summed E-state index contributed by atoms with van der Waals surface area (Å²) >= 11 is 0. The third-order valence-corrected chi connectivity index (χ3v) is 2.10. The third-order valence-electron chi connectivity index (χ3n) is 1.34. The molecule has 1 unspecified atom stereocenters. The van der Waals surface area contributed by atoms with E-state index in [1.165, 1.54) is 6.92 Å². The Labute approximate surface area is 84.0 Å². The molecule has 1 atom stereocenters. The van der Waals surface area contributed by atoms with Gasteiger partial charge in [-0.1, -0.05) is 0 Å². The van der Waals surface area contributed by atoms with Gasteiger partial charge < -0.3 is 4.74 Å². The molecule has 15 heavy (non-hydrogen) atoms. The van der Waals surface area contributed by atoms with Crippen molar-refractivity contribution in [3.8, 4) is 0 Å². The van der Waals surface area contributed by atoms with Gasteiger partial charge in [-0.2, -0.15) is 21.6 Å². The first kappa shape index (κ1) is 14.2. The minimum Gasteiger partial charge on any atom is -0.465 e. The number of ether oxygens (including phenoxy) is 1. The number of halogens is 3. The van der Waals surface area contributed by atoms with Gasteiger partial charge in [-0.05, 0) is 6.92 Å². The normalized spacial score (nSPS) is 14.7. The van der Waals surface area contributed by atoms with Crippen LogP contribution in [0.4, 0.5) is 13.2 Å². The first-order chi connectivity index (χ1) is 6.58. The number of carbonyl (C=O) groups excluding carboxylic acids is 1. The van der Waals surface area contributed by atoms with Crippen LogP contribution < -0.4 is 0 Å². The van der Waals surface area contributed by atoms with Gasteiger partial charge in [-0.25, -0.2) is 0 Å². The molecule has 5 nitrogen and oxygen atoms in total. The van der Waals surface area contributed by atoms with Crippen molar-refractivity contribution in [1.29, 1.82) is 0 Å². The van der Waals surface area contributed by atoms with Gasteiger partial charge >= 0.3 is 12.1 Å². The van der Waals surface area contributed by atoms with Crippen LogP contribution in [-0.2, 0) is 19.6 Å². The van der Waals surface area contributed by atoms with Gasteiger partial charge in [0.15, 0.2) is 5.92 Å². The van der Waals surface area contributed by atoms with Crippen molar-refractivity contribution in [3.63, 3.8) is 0 Å². The first-order valence-corrected chi connectivity index (χ1v) is 5.37. The van der Waals surface area contributed by atoms with E-state index in [0.29, 0.717) is 0 Å². The Morgan fingerprint density at radius 2 is 1.93 bits per heavy atom. The maximum Gasteiger partial charge on any atom is 0.403 e. The summed E-state index contributed by atoms with van der Waals surface area (Å²) in [6.45, 7) is 0.968. The Kier molecular flexibility index (Phi) is 4.53. The molecule has 0 spiro atoms. The van der Waals surface area contributed by atoms with Gasteiger partial charge in [-0.15, -0.1) is 0 Å².